The fourth-order valence-corrected chi connectivity index (χ4v) is 4.15. The molecular weight excluding hydrogens is 458 g/mol. The number of esters is 2. The molecule has 2 aromatic carbocycles. The largest absolute Gasteiger partial charge is 0.484 e. The van der Waals surface area contributed by atoms with E-state index in [9.17, 15) is 19.2 Å². The minimum absolute atomic E-state index is 0.0595. The van der Waals surface area contributed by atoms with Crippen LogP contribution < -0.4 is 10.2 Å². The second-order valence-electron chi connectivity index (χ2n) is 7.00. The third kappa shape index (κ3) is 6.29. The molecule has 0 unspecified atom stereocenters. The number of carbonyl (C=O) groups excluding carboxylic acids is 3. The molecule has 0 aliphatic heterocycles. The van der Waals surface area contributed by atoms with Gasteiger partial charge in [0.1, 0.15) is 19.0 Å². The van der Waals surface area contributed by atoms with Crippen LogP contribution in [0, 0.1) is 0 Å². The summed E-state index contributed by atoms with van der Waals surface area (Å²) in [6, 6.07) is 12.5. The van der Waals surface area contributed by atoms with E-state index in [2.05, 4.69) is 13.2 Å². The molecule has 176 valence electrons. The fourth-order valence-electron chi connectivity index (χ4n) is 3.10. The normalized spacial score (nSPS) is 10.5. The smallest absolute Gasteiger partial charge is 0.330 e. The number of ether oxygens (including phenoxy) is 3. The van der Waals surface area contributed by atoms with Crippen LogP contribution in [0.3, 0.4) is 0 Å². The molecule has 0 bridgehead atoms. The van der Waals surface area contributed by atoms with Crippen molar-refractivity contribution in [2.24, 2.45) is 0 Å². The first-order valence-corrected chi connectivity index (χ1v) is 11.2. The predicted molar refractivity (Wildman–Crippen MR) is 130 cm³/mol. The zero-order chi connectivity index (χ0) is 24.5. The van der Waals surface area contributed by atoms with E-state index in [1.54, 1.807) is 24.3 Å². The van der Waals surface area contributed by atoms with Gasteiger partial charge in [-0.2, -0.15) is 0 Å². The van der Waals surface area contributed by atoms with E-state index in [1.165, 1.54) is 16.2 Å². The first-order valence-electron chi connectivity index (χ1n) is 10.4. The quantitative estimate of drug-likeness (QED) is 0.236. The van der Waals surface area contributed by atoms with Crippen molar-refractivity contribution >= 4 is 49.4 Å². The van der Waals surface area contributed by atoms with Crippen LogP contribution in [0.5, 0.6) is 5.75 Å². The van der Waals surface area contributed by atoms with Crippen molar-refractivity contribution in [3.63, 3.8) is 0 Å². The van der Waals surface area contributed by atoms with Crippen molar-refractivity contribution in [1.82, 2.24) is 4.90 Å². The Morgan fingerprint density at radius 2 is 1.50 bits per heavy atom. The summed E-state index contributed by atoms with van der Waals surface area (Å²) in [7, 11) is 0. The van der Waals surface area contributed by atoms with Crippen LogP contribution >= 0.6 is 11.3 Å². The SMILES string of the molecule is C=CC(=O)OCCN(CCOC(=O)C=C)C(=O)COc1ccc2sc3ccccc3c(=O)c2c1. The molecule has 1 heterocycles. The number of hydrogen-bond donors (Lipinski definition) is 0. The average Bonchev–Trinajstić information content (AvgIpc) is 2.86. The van der Waals surface area contributed by atoms with Gasteiger partial charge >= 0.3 is 11.9 Å². The highest BCUT2D eigenvalue weighted by Gasteiger charge is 2.16. The second kappa shape index (κ2) is 11.8. The summed E-state index contributed by atoms with van der Waals surface area (Å²) in [6.45, 7) is 6.34. The molecule has 0 atom stereocenters. The molecular formula is C25H23NO7S. The highest BCUT2D eigenvalue weighted by atomic mass is 32.1. The first-order chi connectivity index (χ1) is 16.4. The average molecular weight is 482 g/mol. The van der Waals surface area contributed by atoms with Crippen molar-refractivity contribution < 1.29 is 28.6 Å². The molecule has 0 fully saturated rings. The number of carbonyl (C=O) groups is 3. The fraction of sp³-hybridized carbons (Fsp3) is 0.200. The molecule has 0 aliphatic carbocycles. The highest BCUT2D eigenvalue weighted by Crippen LogP contribution is 2.27. The topological polar surface area (TPSA) is 99.2 Å². The second-order valence-corrected chi connectivity index (χ2v) is 8.08. The van der Waals surface area contributed by atoms with Gasteiger partial charge in [-0.1, -0.05) is 25.3 Å². The lowest BCUT2D eigenvalue weighted by Crippen LogP contribution is -2.40. The van der Waals surface area contributed by atoms with E-state index in [0.717, 1.165) is 21.6 Å². The number of hydrogen-bond acceptors (Lipinski definition) is 8. The number of fused-ring (bicyclic) bond motifs is 2. The molecule has 9 heteroatoms. The third-order valence-corrected chi connectivity index (χ3v) is 5.96. The summed E-state index contributed by atoms with van der Waals surface area (Å²) in [5.74, 6) is -1.26. The van der Waals surface area contributed by atoms with Gasteiger partial charge in [0.25, 0.3) is 5.91 Å². The zero-order valence-electron chi connectivity index (χ0n) is 18.4. The summed E-state index contributed by atoms with van der Waals surface area (Å²) in [5.41, 5.74) is -0.101. The molecule has 0 spiro atoms. The Kier molecular flexibility index (Phi) is 8.53. The zero-order valence-corrected chi connectivity index (χ0v) is 19.2. The van der Waals surface area contributed by atoms with Crippen LogP contribution in [0.15, 0.2) is 72.6 Å². The van der Waals surface area contributed by atoms with Gasteiger partial charge in [0.2, 0.25) is 0 Å². The summed E-state index contributed by atoms with van der Waals surface area (Å²) in [6.07, 6.45) is 2.05. The minimum atomic E-state index is -0.611. The lowest BCUT2D eigenvalue weighted by Gasteiger charge is -2.22. The lowest BCUT2D eigenvalue weighted by molar-refractivity contribution is -0.143. The molecule has 34 heavy (non-hydrogen) atoms. The predicted octanol–water partition coefficient (Wildman–Crippen LogP) is 3.08. The van der Waals surface area contributed by atoms with Gasteiger partial charge in [-0.05, 0) is 30.3 Å². The maximum Gasteiger partial charge on any atom is 0.330 e. The Balaban J connectivity index is 1.69. The highest BCUT2D eigenvalue weighted by molar-refractivity contribution is 7.24. The van der Waals surface area contributed by atoms with Crippen molar-refractivity contribution in [3.8, 4) is 5.75 Å². The van der Waals surface area contributed by atoms with Crippen LogP contribution in [0.4, 0.5) is 0 Å². The van der Waals surface area contributed by atoms with Crippen molar-refractivity contribution in [1.29, 1.82) is 0 Å². The Morgan fingerprint density at radius 3 is 2.15 bits per heavy atom. The molecule has 3 rings (SSSR count). The number of benzene rings is 2. The van der Waals surface area contributed by atoms with Gasteiger partial charge in [-0.25, -0.2) is 9.59 Å². The summed E-state index contributed by atoms with van der Waals surface area (Å²) in [5, 5.41) is 1.14. The Labute approximate surface area is 199 Å². The van der Waals surface area contributed by atoms with E-state index in [4.69, 9.17) is 14.2 Å². The first kappa shape index (κ1) is 24.7. The van der Waals surface area contributed by atoms with Crippen molar-refractivity contribution in [2.45, 2.75) is 0 Å². The van der Waals surface area contributed by atoms with Crippen LogP contribution in [0.25, 0.3) is 20.2 Å². The van der Waals surface area contributed by atoms with Gasteiger partial charge in [0.05, 0.1) is 13.1 Å². The van der Waals surface area contributed by atoms with Crippen LogP contribution in [0.2, 0.25) is 0 Å². The van der Waals surface area contributed by atoms with Crippen LogP contribution in [-0.2, 0) is 23.9 Å². The molecule has 0 saturated heterocycles. The van der Waals surface area contributed by atoms with Gasteiger partial charge in [-0.15, -0.1) is 11.3 Å². The van der Waals surface area contributed by atoms with E-state index < -0.39 is 17.8 Å². The molecule has 0 saturated carbocycles. The molecule has 1 aromatic heterocycles. The van der Waals surface area contributed by atoms with E-state index in [0.29, 0.717) is 16.5 Å². The maximum absolute atomic E-state index is 12.9. The number of amides is 1. The molecule has 0 N–H and O–H groups in total. The standard InChI is InChI=1S/C25H23NO7S/c1-3-23(28)31-13-11-26(12-14-32-24(29)4-2)22(27)16-33-17-9-10-21-19(15-17)25(30)18-7-5-6-8-20(18)34-21/h3-10,15H,1-2,11-14,16H2. The maximum atomic E-state index is 12.9. The summed E-state index contributed by atoms with van der Waals surface area (Å²) < 4.78 is 17.2. The number of nitrogens with zero attached hydrogens (tertiary/aromatic N) is 1. The Morgan fingerprint density at radius 1 is 0.882 bits per heavy atom. The molecule has 0 aliphatic rings. The molecule has 3 aromatic rings. The van der Waals surface area contributed by atoms with Crippen LogP contribution in [-0.4, -0.2) is 55.7 Å². The van der Waals surface area contributed by atoms with Gasteiger partial charge in [-0.3, -0.25) is 9.59 Å². The lowest BCUT2D eigenvalue weighted by atomic mass is 10.2. The van der Waals surface area contributed by atoms with Crippen molar-refractivity contribution in [2.75, 3.05) is 32.9 Å². The van der Waals surface area contributed by atoms with Gasteiger partial charge < -0.3 is 19.1 Å². The van der Waals surface area contributed by atoms with Gasteiger partial charge in [0.15, 0.2) is 12.0 Å². The van der Waals surface area contributed by atoms with E-state index >= 15 is 0 Å². The van der Waals surface area contributed by atoms with Crippen molar-refractivity contribution in [3.05, 3.63) is 78.0 Å². The van der Waals surface area contributed by atoms with E-state index in [-0.39, 0.29) is 38.3 Å². The summed E-state index contributed by atoms with van der Waals surface area (Å²) >= 11 is 1.50. The molecule has 1 amide bonds. The Hall–Kier alpha value is -3.98. The monoisotopic (exact) mass is 481 g/mol. The Bertz CT molecular complexity index is 1270. The minimum Gasteiger partial charge on any atom is -0.484 e. The van der Waals surface area contributed by atoms with E-state index in [1.807, 2.05) is 18.2 Å². The molecule has 8 nitrogen and oxygen atoms in total. The number of rotatable bonds is 11. The summed E-state index contributed by atoms with van der Waals surface area (Å²) in [4.78, 5) is 49.5. The van der Waals surface area contributed by atoms with Crippen LogP contribution in [0.1, 0.15) is 0 Å². The molecule has 0 radical (unpaired) electrons. The van der Waals surface area contributed by atoms with Gasteiger partial charge in [0, 0.05) is 32.3 Å². The third-order valence-electron chi connectivity index (χ3n) is 4.81.